The van der Waals surface area contributed by atoms with Crippen LogP contribution in [-0.2, 0) is 6.42 Å². The summed E-state index contributed by atoms with van der Waals surface area (Å²) in [5, 5.41) is 7.63. The quantitative estimate of drug-likeness (QED) is 0.450. The third kappa shape index (κ3) is 4.41. The molecule has 0 aliphatic carbocycles. The van der Waals surface area contributed by atoms with Gasteiger partial charge in [-0.05, 0) is 49.7 Å². The molecule has 0 spiro atoms. The number of benzene rings is 2. The van der Waals surface area contributed by atoms with Crippen molar-refractivity contribution in [2.24, 2.45) is 0 Å². The lowest BCUT2D eigenvalue weighted by Crippen LogP contribution is -2.28. The molecule has 8 heteroatoms. The summed E-state index contributed by atoms with van der Waals surface area (Å²) in [4.78, 5) is 22.6. The minimum absolute atomic E-state index is 0.0487. The lowest BCUT2D eigenvalue weighted by Gasteiger charge is -2.16. The Bertz CT molecular complexity index is 1280. The molecule has 2 N–H and O–H groups in total. The van der Waals surface area contributed by atoms with E-state index in [2.05, 4.69) is 26.2 Å². The Morgan fingerprint density at radius 3 is 2.88 bits per heavy atom. The molecule has 1 unspecified atom stereocenters. The number of nitrogens with one attached hydrogen (secondary N) is 2. The number of H-pyrrole nitrogens is 2. The smallest absolute Gasteiger partial charge is 0.253 e. The Kier molecular flexibility index (Phi) is 5.73. The van der Waals surface area contributed by atoms with Crippen LogP contribution in [0.3, 0.4) is 0 Å². The summed E-state index contributed by atoms with van der Waals surface area (Å²) >= 11 is 0. The summed E-state index contributed by atoms with van der Waals surface area (Å²) < 4.78 is 11.2. The van der Waals surface area contributed by atoms with Crippen molar-refractivity contribution in [3.05, 3.63) is 71.3 Å². The molecule has 5 rings (SSSR count). The Labute approximate surface area is 191 Å². The normalized spacial score (nSPS) is 15.8. The maximum atomic E-state index is 13.0. The zero-order chi connectivity index (χ0) is 22.8. The molecule has 1 aliphatic rings. The highest BCUT2D eigenvalue weighted by Crippen LogP contribution is 2.29. The van der Waals surface area contributed by atoms with E-state index < -0.39 is 0 Å². The van der Waals surface area contributed by atoms with Crippen LogP contribution in [0.25, 0.3) is 11.0 Å². The van der Waals surface area contributed by atoms with Gasteiger partial charge >= 0.3 is 0 Å². The molecular formula is C25H27N5O3. The van der Waals surface area contributed by atoms with Crippen LogP contribution in [0, 0.1) is 6.92 Å². The minimum atomic E-state index is 0.0487. The number of fused-ring (bicyclic) bond motifs is 1. The van der Waals surface area contributed by atoms with Gasteiger partial charge in [0, 0.05) is 36.7 Å². The number of aromatic nitrogens is 4. The van der Waals surface area contributed by atoms with Crippen molar-refractivity contribution in [3.63, 3.8) is 0 Å². The molecule has 33 heavy (non-hydrogen) atoms. The lowest BCUT2D eigenvalue weighted by atomic mass is 10.0. The molecule has 0 bridgehead atoms. The highest BCUT2D eigenvalue weighted by Gasteiger charge is 2.29. The first kappa shape index (κ1) is 21.1. The number of amides is 1. The second-order valence-electron chi connectivity index (χ2n) is 8.36. The fourth-order valence-electron chi connectivity index (χ4n) is 4.36. The van der Waals surface area contributed by atoms with Gasteiger partial charge in [-0.2, -0.15) is 5.10 Å². The van der Waals surface area contributed by atoms with E-state index in [1.54, 1.807) is 7.11 Å². The molecule has 4 aromatic rings. The second kappa shape index (κ2) is 8.97. The first-order chi connectivity index (χ1) is 16.1. The fraction of sp³-hybridized carbons (Fsp3) is 0.320. The van der Waals surface area contributed by atoms with Gasteiger partial charge in [0.25, 0.3) is 5.91 Å². The number of aromatic amines is 2. The number of hydrogen-bond acceptors (Lipinski definition) is 5. The van der Waals surface area contributed by atoms with Crippen molar-refractivity contribution in [1.29, 1.82) is 0 Å². The first-order valence-corrected chi connectivity index (χ1v) is 11.2. The summed E-state index contributed by atoms with van der Waals surface area (Å²) in [5.74, 6) is 2.58. The SMILES string of the molecule is COc1ccccc1OCCc1cc(C2CCN(C(=O)c3ccc4nc(C)[nH]c4c3)C2)n[nH]1. The molecule has 170 valence electrons. The minimum Gasteiger partial charge on any atom is -0.493 e. The number of aryl methyl sites for hydroxylation is 1. The van der Waals surface area contributed by atoms with E-state index in [0.29, 0.717) is 25.1 Å². The average Bonchev–Trinajstić information content (AvgIpc) is 3.57. The molecule has 1 amide bonds. The zero-order valence-electron chi connectivity index (χ0n) is 18.8. The van der Waals surface area contributed by atoms with Crippen molar-refractivity contribution in [2.45, 2.75) is 25.7 Å². The number of ether oxygens (including phenoxy) is 2. The lowest BCUT2D eigenvalue weighted by molar-refractivity contribution is 0.0791. The van der Waals surface area contributed by atoms with Crippen LogP contribution in [0.4, 0.5) is 0 Å². The number of carbonyl (C=O) groups excluding carboxylic acids is 1. The number of rotatable bonds is 7. The number of nitrogens with zero attached hydrogens (tertiary/aromatic N) is 3. The molecule has 0 saturated carbocycles. The van der Waals surface area contributed by atoms with Gasteiger partial charge in [0.1, 0.15) is 5.82 Å². The number of likely N-dealkylation sites (tertiary alicyclic amines) is 1. The van der Waals surface area contributed by atoms with Crippen LogP contribution < -0.4 is 9.47 Å². The van der Waals surface area contributed by atoms with E-state index in [1.165, 1.54) is 0 Å². The Morgan fingerprint density at radius 1 is 1.18 bits per heavy atom. The van der Waals surface area contributed by atoms with Gasteiger partial charge in [0.05, 0.1) is 30.4 Å². The standard InChI is InChI=1S/C25H27N5O3/c1-16-26-20-8-7-17(13-22(20)27-16)25(31)30-11-9-18(15-30)21-14-19(28-29-21)10-12-33-24-6-4-3-5-23(24)32-2/h3-8,13-14,18H,9-12,15H2,1-2H3,(H,26,27)(H,28,29). The predicted octanol–water partition coefficient (Wildman–Crippen LogP) is 3.85. The summed E-state index contributed by atoms with van der Waals surface area (Å²) in [6.45, 7) is 3.83. The Hall–Kier alpha value is -3.81. The van der Waals surface area contributed by atoms with Gasteiger partial charge in [-0.15, -0.1) is 0 Å². The molecular weight excluding hydrogens is 418 g/mol. The van der Waals surface area contributed by atoms with Gasteiger partial charge in [-0.3, -0.25) is 9.89 Å². The molecule has 8 nitrogen and oxygen atoms in total. The molecule has 1 aliphatic heterocycles. The van der Waals surface area contributed by atoms with Gasteiger partial charge in [0.2, 0.25) is 0 Å². The van der Waals surface area contributed by atoms with Crippen molar-refractivity contribution in [2.75, 3.05) is 26.8 Å². The van der Waals surface area contributed by atoms with E-state index in [-0.39, 0.29) is 11.8 Å². The fourth-order valence-corrected chi connectivity index (χ4v) is 4.36. The number of para-hydroxylation sites is 2. The van der Waals surface area contributed by atoms with Crippen molar-refractivity contribution >= 4 is 16.9 Å². The molecule has 0 radical (unpaired) electrons. The number of hydrogen-bond donors (Lipinski definition) is 2. The maximum Gasteiger partial charge on any atom is 0.253 e. The second-order valence-corrected chi connectivity index (χ2v) is 8.36. The van der Waals surface area contributed by atoms with Crippen LogP contribution in [-0.4, -0.2) is 57.8 Å². The third-order valence-electron chi connectivity index (χ3n) is 6.09. The molecule has 1 saturated heterocycles. The largest absolute Gasteiger partial charge is 0.493 e. The number of imidazole rings is 1. The maximum absolute atomic E-state index is 13.0. The van der Waals surface area contributed by atoms with E-state index in [1.807, 2.05) is 54.3 Å². The number of carbonyl (C=O) groups is 1. The molecule has 2 aromatic heterocycles. The molecule has 2 aromatic carbocycles. The van der Waals surface area contributed by atoms with Gasteiger partial charge in [-0.25, -0.2) is 4.98 Å². The highest BCUT2D eigenvalue weighted by atomic mass is 16.5. The highest BCUT2D eigenvalue weighted by molar-refractivity contribution is 5.97. The van der Waals surface area contributed by atoms with Crippen molar-refractivity contribution in [1.82, 2.24) is 25.1 Å². The van der Waals surface area contributed by atoms with Gasteiger partial charge in [0.15, 0.2) is 11.5 Å². The van der Waals surface area contributed by atoms with E-state index >= 15 is 0 Å². The molecule has 1 atom stereocenters. The van der Waals surface area contributed by atoms with E-state index in [0.717, 1.165) is 52.7 Å². The average molecular weight is 446 g/mol. The summed E-state index contributed by atoms with van der Waals surface area (Å²) in [7, 11) is 1.63. The zero-order valence-corrected chi connectivity index (χ0v) is 18.8. The van der Waals surface area contributed by atoms with Gasteiger partial charge in [-0.1, -0.05) is 12.1 Å². The Balaban J connectivity index is 1.18. The van der Waals surface area contributed by atoms with Crippen LogP contribution in [0.15, 0.2) is 48.5 Å². The summed E-state index contributed by atoms with van der Waals surface area (Å²) in [5.41, 5.74) is 4.47. The Morgan fingerprint density at radius 2 is 2.03 bits per heavy atom. The predicted molar refractivity (Wildman–Crippen MR) is 125 cm³/mol. The van der Waals surface area contributed by atoms with Gasteiger partial charge < -0.3 is 19.4 Å². The van der Waals surface area contributed by atoms with Crippen LogP contribution in [0.1, 0.15) is 39.9 Å². The summed E-state index contributed by atoms with van der Waals surface area (Å²) in [6, 6.07) is 15.3. The van der Waals surface area contributed by atoms with Crippen molar-refractivity contribution in [3.8, 4) is 11.5 Å². The van der Waals surface area contributed by atoms with Crippen LogP contribution in [0.5, 0.6) is 11.5 Å². The molecule has 3 heterocycles. The monoisotopic (exact) mass is 445 g/mol. The third-order valence-corrected chi connectivity index (χ3v) is 6.09. The molecule has 1 fully saturated rings. The number of methoxy groups -OCH3 is 1. The van der Waals surface area contributed by atoms with Crippen molar-refractivity contribution < 1.29 is 14.3 Å². The van der Waals surface area contributed by atoms with E-state index in [4.69, 9.17) is 9.47 Å². The van der Waals surface area contributed by atoms with Crippen LogP contribution >= 0.6 is 0 Å². The van der Waals surface area contributed by atoms with Crippen LogP contribution in [0.2, 0.25) is 0 Å². The topological polar surface area (TPSA) is 96.1 Å². The first-order valence-electron chi connectivity index (χ1n) is 11.2. The summed E-state index contributed by atoms with van der Waals surface area (Å²) in [6.07, 6.45) is 1.61. The van der Waals surface area contributed by atoms with E-state index in [9.17, 15) is 4.79 Å².